The Morgan fingerprint density at radius 3 is 2.12 bits per heavy atom. The van der Waals surface area contributed by atoms with Crippen molar-refractivity contribution in [2.45, 2.75) is 45.1 Å². The number of amides is 2. The van der Waals surface area contributed by atoms with Crippen molar-refractivity contribution in [2.75, 3.05) is 10.6 Å². The quantitative estimate of drug-likeness (QED) is 0.592. The first kappa shape index (κ1) is 23.5. The summed E-state index contributed by atoms with van der Waals surface area (Å²) < 4.78 is 27.1. The summed E-state index contributed by atoms with van der Waals surface area (Å²) in [5.41, 5.74) is 1.65. The number of hydrogen-bond donors (Lipinski definition) is 3. The number of sulfonamides is 1. The van der Waals surface area contributed by atoms with Gasteiger partial charge in [0, 0.05) is 23.4 Å². The smallest absolute Gasteiger partial charge is 0.263 e. The van der Waals surface area contributed by atoms with Crippen molar-refractivity contribution in [1.29, 1.82) is 0 Å². The lowest BCUT2D eigenvalue weighted by Crippen LogP contribution is -2.34. The van der Waals surface area contributed by atoms with Crippen LogP contribution in [0.5, 0.6) is 0 Å². The van der Waals surface area contributed by atoms with E-state index in [-0.39, 0.29) is 34.4 Å². The van der Waals surface area contributed by atoms with Gasteiger partial charge in [-0.3, -0.25) is 19.3 Å². The van der Waals surface area contributed by atoms with Crippen molar-refractivity contribution in [1.82, 2.24) is 4.72 Å². The van der Waals surface area contributed by atoms with Crippen LogP contribution in [-0.4, -0.2) is 32.1 Å². The Morgan fingerprint density at radius 1 is 0.938 bits per heavy atom. The van der Waals surface area contributed by atoms with Crippen LogP contribution in [0.3, 0.4) is 0 Å². The summed E-state index contributed by atoms with van der Waals surface area (Å²) in [6.45, 7) is 7.64. The number of carbonyl (C=O) groups is 2. The first-order chi connectivity index (χ1) is 15.1. The van der Waals surface area contributed by atoms with E-state index in [0.717, 1.165) is 0 Å². The van der Waals surface area contributed by atoms with Crippen molar-refractivity contribution in [3.05, 3.63) is 54.1 Å². The lowest BCUT2D eigenvalue weighted by atomic mass is 10.0. The first-order valence-corrected chi connectivity index (χ1v) is 12.0. The zero-order valence-corrected chi connectivity index (χ0v) is 19.4. The molecule has 1 atom stereocenters. The maximum atomic E-state index is 12.9. The molecular formula is C23H28N4O4S. The number of anilines is 2. The second-order valence-electron chi connectivity index (χ2n) is 8.48. The van der Waals surface area contributed by atoms with Gasteiger partial charge >= 0.3 is 0 Å². The molecule has 0 fully saturated rings. The predicted molar refractivity (Wildman–Crippen MR) is 125 cm³/mol. The molecule has 0 aliphatic carbocycles. The molecule has 3 rings (SSSR count). The zero-order valence-electron chi connectivity index (χ0n) is 18.5. The van der Waals surface area contributed by atoms with E-state index < -0.39 is 16.1 Å². The van der Waals surface area contributed by atoms with Crippen molar-refractivity contribution < 1.29 is 18.0 Å². The Hall–Kier alpha value is -3.20. The second kappa shape index (κ2) is 9.52. The number of nitrogens with one attached hydrogen (secondary N) is 3. The molecule has 1 aliphatic rings. The van der Waals surface area contributed by atoms with Crippen LogP contribution in [0, 0.1) is 11.8 Å². The minimum atomic E-state index is -3.68. The molecule has 9 heteroatoms. The minimum absolute atomic E-state index is 0.0632. The fourth-order valence-electron chi connectivity index (χ4n) is 3.32. The third-order valence-corrected chi connectivity index (χ3v) is 6.26. The van der Waals surface area contributed by atoms with Gasteiger partial charge in [-0.2, -0.15) is 0 Å². The van der Waals surface area contributed by atoms with Crippen LogP contribution in [0.15, 0.2) is 58.4 Å². The molecule has 0 aromatic heterocycles. The summed E-state index contributed by atoms with van der Waals surface area (Å²) in [6, 6.07) is 12.5. The van der Waals surface area contributed by atoms with Gasteiger partial charge in [0.2, 0.25) is 11.8 Å². The van der Waals surface area contributed by atoms with E-state index in [1.54, 1.807) is 42.5 Å². The maximum absolute atomic E-state index is 12.9. The summed E-state index contributed by atoms with van der Waals surface area (Å²) >= 11 is 0. The van der Waals surface area contributed by atoms with E-state index in [2.05, 4.69) is 20.3 Å². The number of benzene rings is 2. The lowest BCUT2D eigenvalue weighted by Gasteiger charge is -2.17. The van der Waals surface area contributed by atoms with Crippen LogP contribution in [0.25, 0.3) is 0 Å². The van der Waals surface area contributed by atoms with Gasteiger partial charge < -0.3 is 10.6 Å². The van der Waals surface area contributed by atoms with E-state index in [9.17, 15) is 18.0 Å². The molecular weight excluding hydrogens is 428 g/mol. The average molecular weight is 457 g/mol. The molecule has 0 saturated carbocycles. The third kappa shape index (κ3) is 5.53. The van der Waals surface area contributed by atoms with Crippen molar-refractivity contribution in [3.8, 4) is 0 Å². The summed E-state index contributed by atoms with van der Waals surface area (Å²) in [7, 11) is -3.68. The van der Waals surface area contributed by atoms with E-state index >= 15 is 0 Å². The van der Waals surface area contributed by atoms with Crippen LogP contribution in [0.2, 0.25) is 0 Å². The minimum Gasteiger partial charge on any atom is -0.326 e. The Kier molecular flexibility index (Phi) is 6.98. The van der Waals surface area contributed by atoms with Gasteiger partial charge in [0.05, 0.1) is 4.90 Å². The van der Waals surface area contributed by atoms with Gasteiger partial charge in [-0.25, -0.2) is 8.42 Å². The van der Waals surface area contributed by atoms with Crippen LogP contribution >= 0.6 is 0 Å². The molecule has 0 bridgehead atoms. The van der Waals surface area contributed by atoms with Crippen molar-refractivity contribution >= 4 is 39.0 Å². The summed E-state index contributed by atoms with van der Waals surface area (Å²) in [5.74, 6) is -0.161. The van der Waals surface area contributed by atoms with Crippen LogP contribution in [0.1, 0.15) is 39.7 Å². The SMILES string of the molecule is CC(C)CC(=O)Nc1ccc(NC(=O)[C@@H](N=C2NS(=O)(=O)c3ccccc32)C(C)C)cc1. The van der Waals surface area contributed by atoms with Crippen LogP contribution in [0.4, 0.5) is 11.4 Å². The van der Waals surface area contributed by atoms with Crippen LogP contribution < -0.4 is 15.4 Å². The van der Waals surface area contributed by atoms with Gasteiger partial charge in [0.25, 0.3) is 10.0 Å². The topological polar surface area (TPSA) is 117 Å². The molecule has 1 aliphatic heterocycles. The highest BCUT2D eigenvalue weighted by atomic mass is 32.2. The molecule has 32 heavy (non-hydrogen) atoms. The van der Waals surface area contributed by atoms with E-state index in [1.807, 2.05) is 27.7 Å². The molecule has 8 nitrogen and oxygen atoms in total. The molecule has 170 valence electrons. The fraction of sp³-hybridized carbons (Fsp3) is 0.348. The normalized spacial score (nSPS) is 16.5. The number of carbonyl (C=O) groups excluding carboxylic acids is 2. The standard InChI is InChI=1S/C23H28N4O4S/c1-14(2)13-20(28)24-16-9-11-17(12-10-16)25-23(29)21(15(3)4)26-22-18-7-5-6-8-19(18)32(30,31)27-22/h5-12,14-15,21H,13H2,1-4H3,(H,24,28)(H,25,29)(H,26,27)/t21-/m0/s1. The van der Waals surface area contributed by atoms with E-state index in [1.165, 1.54) is 6.07 Å². The van der Waals surface area contributed by atoms with E-state index in [0.29, 0.717) is 23.4 Å². The summed E-state index contributed by atoms with van der Waals surface area (Å²) in [4.78, 5) is 29.4. The van der Waals surface area contributed by atoms with Gasteiger partial charge in [0.1, 0.15) is 11.9 Å². The van der Waals surface area contributed by atoms with E-state index in [4.69, 9.17) is 0 Å². The molecule has 0 spiro atoms. The highest BCUT2D eigenvalue weighted by Gasteiger charge is 2.32. The zero-order chi connectivity index (χ0) is 23.5. The van der Waals surface area contributed by atoms with Gasteiger partial charge in [0.15, 0.2) is 0 Å². The summed E-state index contributed by atoms with van der Waals surface area (Å²) in [5, 5.41) is 5.64. The lowest BCUT2D eigenvalue weighted by molar-refractivity contribution is -0.118. The maximum Gasteiger partial charge on any atom is 0.263 e. The van der Waals surface area contributed by atoms with Crippen molar-refractivity contribution in [3.63, 3.8) is 0 Å². The van der Waals surface area contributed by atoms with Gasteiger partial charge in [-0.05, 0) is 48.2 Å². The number of nitrogens with zero attached hydrogens (tertiary/aromatic N) is 1. The highest BCUT2D eigenvalue weighted by Crippen LogP contribution is 2.24. The molecule has 0 saturated heterocycles. The number of rotatable bonds is 7. The van der Waals surface area contributed by atoms with Gasteiger partial charge in [-0.15, -0.1) is 0 Å². The number of amidine groups is 1. The average Bonchev–Trinajstić information content (AvgIpc) is 2.97. The number of fused-ring (bicyclic) bond motifs is 1. The molecule has 2 amide bonds. The molecule has 1 heterocycles. The first-order valence-electron chi connectivity index (χ1n) is 10.5. The highest BCUT2D eigenvalue weighted by molar-refractivity contribution is 7.90. The van der Waals surface area contributed by atoms with Crippen LogP contribution in [-0.2, 0) is 19.6 Å². The Balaban J connectivity index is 1.74. The Morgan fingerprint density at radius 2 is 1.53 bits per heavy atom. The molecule has 2 aromatic carbocycles. The third-order valence-electron chi connectivity index (χ3n) is 4.86. The molecule has 0 unspecified atom stereocenters. The Labute approximate surface area is 188 Å². The Bertz CT molecular complexity index is 1140. The molecule has 2 aromatic rings. The predicted octanol–water partition coefficient (Wildman–Crippen LogP) is 3.37. The second-order valence-corrected chi connectivity index (χ2v) is 10.1. The molecule has 3 N–H and O–H groups in total. The number of hydrogen-bond acceptors (Lipinski definition) is 5. The fourth-order valence-corrected chi connectivity index (χ4v) is 4.55. The largest absolute Gasteiger partial charge is 0.326 e. The number of aliphatic imine (C=N–C) groups is 1. The summed E-state index contributed by atoms with van der Waals surface area (Å²) in [6.07, 6.45) is 0.432. The van der Waals surface area contributed by atoms with Gasteiger partial charge in [-0.1, -0.05) is 39.8 Å². The van der Waals surface area contributed by atoms with Crippen molar-refractivity contribution in [2.24, 2.45) is 16.8 Å². The monoisotopic (exact) mass is 456 g/mol. The molecule has 0 radical (unpaired) electrons.